The van der Waals surface area contributed by atoms with Crippen molar-refractivity contribution in [2.45, 2.75) is 6.54 Å². The average molecular weight is 291 g/mol. The number of benzene rings is 2. The number of nitrogen functional groups attached to an aromatic ring is 1. The summed E-state index contributed by atoms with van der Waals surface area (Å²) in [5.41, 5.74) is 8.88. The third kappa shape index (κ3) is 3.15. The predicted octanol–water partition coefficient (Wildman–Crippen LogP) is 3.30. The van der Waals surface area contributed by atoms with Crippen LogP contribution >= 0.6 is 0 Å². The van der Waals surface area contributed by atoms with E-state index < -0.39 is 0 Å². The highest BCUT2D eigenvalue weighted by Crippen LogP contribution is 2.17. The number of hydrogen-bond acceptors (Lipinski definition) is 4. The number of para-hydroxylation sites is 1. The fourth-order valence-electron chi connectivity index (χ4n) is 2.14. The van der Waals surface area contributed by atoms with E-state index in [-0.39, 0.29) is 5.95 Å². The Hall–Kier alpha value is -3.08. The van der Waals surface area contributed by atoms with Crippen LogP contribution in [0.1, 0.15) is 11.1 Å². The van der Waals surface area contributed by atoms with E-state index in [1.807, 2.05) is 60.7 Å². The van der Waals surface area contributed by atoms with Crippen molar-refractivity contribution in [3.63, 3.8) is 0 Å². The van der Waals surface area contributed by atoms with Crippen LogP contribution in [0.15, 0.2) is 61.2 Å². The van der Waals surface area contributed by atoms with Gasteiger partial charge in [0.2, 0.25) is 11.9 Å². The molecule has 0 unspecified atom stereocenters. The van der Waals surface area contributed by atoms with Crippen molar-refractivity contribution in [1.82, 2.24) is 14.8 Å². The summed E-state index contributed by atoms with van der Waals surface area (Å²) in [5, 5.41) is 7.47. The molecule has 0 amide bonds. The van der Waals surface area contributed by atoms with Crippen LogP contribution in [0.2, 0.25) is 0 Å². The Labute approximate surface area is 129 Å². The largest absolute Gasteiger partial charge is 0.366 e. The lowest BCUT2D eigenvalue weighted by Crippen LogP contribution is -2.07. The van der Waals surface area contributed by atoms with Crippen LogP contribution in [0.25, 0.3) is 6.08 Å². The van der Waals surface area contributed by atoms with Gasteiger partial charge in [-0.15, -0.1) is 5.10 Å². The van der Waals surface area contributed by atoms with Crippen LogP contribution in [0.4, 0.5) is 17.6 Å². The zero-order valence-electron chi connectivity index (χ0n) is 12.1. The first-order valence-electron chi connectivity index (χ1n) is 6.98. The molecule has 3 N–H and O–H groups in total. The first kappa shape index (κ1) is 13.9. The van der Waals surface area contributed by atoms with Crippen LogP contribution in [0, 0.1) is 0 Å². The van der Waals surface area contributed by atoms with E-state index in [0.717, 1.165) is 16.8 Å². The fraction of sp³-hybridized carbons (Fsp3) is 0.0588. The van der Waals surface area contributed by atoms with E-state index >= 15 is 0 Å². The van der Waals surface area contributed by atoms with E-state index in [0.29, 0.717) is 12.5 Å². The van der Waals surface area contributed by atoms with Gasteiger partial charge in [0, 0.05) is 5.69 Å². The van der Waals surface area contributed by atoms with Crippen LogP contribution in [-0.2, 0) is 6.54 Å². The Balaban J connectivity index is 1.82. The van der Waals surface area contributed by atoms with E-state index in [1.54, 1.807) is 4.68 Å². The zero-order valence-corrected chi connectivity index (χ0v) is 12.1. The normalized spacial score (nSPS) is 10.4. The molecule has 0 saturated carbocycles. The van der Waals surface area contributed by atoms with Gasteiger partial charge in [0.25, 0.3) is 0 Å². The number of nitrogens with two attached hydrogens (primary N) is 1. The summed E-state index contributed by atoms with van der Waals surface area (Å²) in [7, 11) is 0. The van der Waals surface area contributed by atoms with Crippen molar-refractivity contribution in [3.05, 3.63) is 72.3 Å². The second kappa shape index (κ2) is 6.13. The second-order valence-corrected chi connectivity index (χ2v) is 4.89. The molecule has 0 aliphatic heterocycles. The van der Waals surface area contributed by atoms with Crippen LogP contribution in [0.5, 0.6) is 0 Å². The highest BCUT2D eigenvalue weighted by molar-refractivity contribution is 5.54. The van der Waals surface area contributed by atoms with E-state index in [1.165, 1.54) is 0 Å². The monoisotopic (exact) mass is 291 g/mol. The maximum atomic E-state index is 5.74. The summed E-state index contributed by atoms with van der Waals surface area (Å²) < 4.78 is 1.76. The van der Waals surface area contributed by atoms with Crippen molar-refractivity contribution < 1.29 is 0 Å². The molecule has 3 aromatic rings. The third-order valence-electron chi connectivity index (χ3n) is 3.27. The smallest absolute Gasteiger partial charge is 0.241 e. The SMILES string of the molecule is C=Cc1ccc(Cn2nc(N)nc2Nc2ccccc2)cc1. The molecule has 0 fully saturated rings. The van der Waals surface area contributed by atoms with Gasteiger partial charge < -0.3 is 11.1 Å². The summed E-state index contributed by atoms with van der Waals surface area (Å²) in [6.07, 6.45) is 1.82. The summed E-state index contributed by atoms with van der Waals surface area (Å²) in [5.74, 6) is 0.873. The van der Waals surface area contributed by atoms with Gasteiger partial charge in [-0.3, -0.25) is 0 Å². The lowest BCUT2D eigenvalue weighted by Gasteiger charge is -2.08. The molecule has 5 nitrogen and oxygen atoms in total. The number of rotatable bonds is 5. The molecule has 0 aliphatic rings. The lowest BCUT2D eigenvalue weighted by molar-refractivity contribution is 0.697. The quantitative estimate of drug-likeness (QED) is 0.757. The minimum absolute atomic E-state index is 0.251. The number of anilines is 3. The minimum atomic E-state index is 0.251. The molecule has 0 bridgehead atoms. The van der Waals surface area contributed by atoms with Crippen LogP contribution in [0.3, 0.4) is 0 Å². The summed E-state index contributed by atoms with van der Waals surface area (Å²) in [6.45, 7) is 4.35. The molecule has 5 heteroatoms. The maximum absolute atomic E-state index is 5.74. The van der Waals surface area contributed by atoms with Gasteiger partial charge in [0.15, 0.2) is 0 Å². The summed E-state index contributed by atoms with van der Waals surface area (Å²) in [6, 6.07) is 17.9. The van der Waals surface area contributed by atoms with Crippen LogP contribution < -0.4 is 11.1 Å². The number of nitrogens with one attached hydrogen (secondary N) is 1. The molecule has 110 valence electrons. The van der Waals surface area contributed by atoms with Crippen molar-refractivity contribution in [2.75, 3.05) is 11.1 Å². The molecular formula is C17H17N5. The van der Waals surface area contributed by atoms with Crippen molar-refractivity contribution >= 4 is 23.7 Å². The molecule has 0 aliphatic carbocycles. The molecule has 2 aromatic carbocycles. The Morgan fingerprint density at radius 2 is 1.82 bits per heavy atom. The molecule has 0 spiro atoms. The topological polar surface area (TPSA) is 68.8 Å². The van der Waals surface area contributed by atoms with Gasteiger partial charge >= 0.3 is 0 Å². The van der Waals surface area contributed by atoms with Crippen molar-refractivity contribution in [1.29, 1.82) is 0 Å². The first-order chi connectivity index (χ1) is 10.7. The molecule has 0 atom stereocenters. The molecule has 0 saturated heterocycles. The Morgan fingerprint density at radius 3 is 2.50 bits per heavy atom. The van der Waals surface area contributed by atoms with Gasteiger partial charge in [-0.05, 0) is 23.3 Å². The van der Waals surface area contributed by atoms with Crippen molar-refractivity contribution in [3.8, 4) is 0 Å². The number of aromatic nitrogens is 3. The standard InChI is InChI=1S/C17H17N5/c1-2-13-8-10-14(11-9-13)12-22-17(20-16(18)21-22)19-15-6-4-3-5-7-15/h2-11H,1,12H2,(H3,18,19,20,21). The molecule has 1 aromatic heterocycles. The minimum Gasteiger partial charge on any atom is -0.366 e. The van der Waals surface area contributed by atoms with Gasteiger partial charge in [-0.1, -0.05) is 55.1 Å². The first-order valence-corrected chi connectivity index (χ1v) is 6.98. The summed E-state index contributed by atoms with van der Waals surface area (Å²) >= 11 is 0. The Kier molecular flexibility index (Phi) is 3.87. The van der Waals surface area contributed by atoms with Crippen molar-refractivity contribution in [2.24, 2.45) is 0 Å². The van der Waals surface area contributed by atoms with Gasteiger partial charge in [-0.25, -0.2) is 4.68 Å². The van der Waals surface area contributed by atoms with Gasteiger partial charge in [0.05, 0.1) is 6.54 Å². The number of hydrogen-bond donors (Lipinski definition) is 2. The van der Waals surface area contributed by atoms with E-state index in [9.17, 15) is 0 Å². The Bertz CT molecular complexity index is 760. The predicted molar refractivity (Wildman–Crippen MR) is 89.8 cm³/mol. The van der Waals surface area contributed by atoms with E-state index in [2.05, 4.69) is 22.0 Å². The lowest BCUT2D eigenvalue weighted by atomic mass is 10.1. The summed E-state index contributed by atoms with van der Waals surface area (Å²) in [4.78, 5) is 4.24. The Morgan fingerprint density at radius 1 is 1.09 bits per heavy atom. The highest BCUT2D eigenvalue weighted by Gasteiger charge is 2.08. The molecule has 3 rings (SSSR count). The zero-order chi connectivity index (χ0) is 15.4. The highest BCUT2D eigenvalue weighted by atomic mass is 15.4. The van der Waals surface area contributed by atoms with Gasteiger partial charge in [-0.2, -0.15) is 4.98 Å². The second-order valence-electron chi connectivity index (χ2n) is 4.89. The van der Waals surface area contributed by atoms with Crippen LogP contribution in [-0.4, -0.2) is 14.8 Å². The molecule has 0 radical (unpaired) electrons. The molecule has 1 heterocycles. The van der Waals surface area contributed by atoms with Gasteiger partial charge in [0.1, 0.15) is 0 Å². The average Bonchev–Trinajstić information content (AvgIpc) is 2.88. The maximum Gasteiger partial charge on any atom is 0.241 e. The third-order valence-corrected chi connectivity index (χ3v) is 3.27. The fourth-order valence-corrected chi connectivity index (χ4v) is 2.14. The number of nitrogens with zero attached hydrogens (tertiary/aromatic N) is 3. The van der Waals surface area contributed by atoms with E-state index in [4.69, 9.17) is 5.73 Å². The molecular weight excluding hydrogens is 274 g/mol. The molecule has 22 heavy (non-hydrogen) atoms.